The molecular weight excluding hydrogens is 346 g/mol. The molecule has 2 fully saturated rings. The van der Waals surface area contributed by atoms with E-state index in [4.69, 9.17) is 14.1 Å². The van der Waals surface area contributed by atoms with E-state index in [1.807, 2.05) is 12.1 Å². The van der Waals surface area contributed by atoms with Crippen molar-refractivity contribution in [1.82, 2.24) is 10.6 Å². The van der Waals surface area contributed by atoms with Crippen molar-refractivity contribution in [1.29, 1.82) is 0 Å². The average Bonchev–Trinajstić information content (AvgIpc) is 3.38. The Bertz CT molecular complexity index is 724. The van der Waals surface area contributed by atoms with Crippen molar-refractivity contribution < 1.29 is 9.15 Å². The van der Waals surface area contributed by atoms with Gasteiger partial charge >= 0.3 is 0 Å². The topological polar surface area (TPSA) is 58.8 Å². The first-order chi connectivity index (χ1) is 12.6. The number of aliphatic imine (C=N–C) groups is 1. The number of nitrogens with one attached hydrogen (secondary N) is 2. The lowest BCUT2D eigenvalue weighted by Gasteiger charge is -2.54. The van der Waals surface area contributed by atoms with Crippen LogP contribution in [0, 0.1) is 11.3 Å². The molecule has 1 aliphatic carbocycles. The standard InChI is InChI=1S/C20H27N3O2S/c1-20(2)17(16-8-11-25-18(16)20)23-19(22-13-15-6-4-12-26-15)21-9-7-14-5-3-10-24-14/h3-6,10,12,16-18H,7-9,11,13H2,1-2H3,(H2,21,22,23). The van der Waals surface area contributed by atoms with Crippen molar-refractivity contribution >= 4 is 17.3 Å². The molecule has 3 heterocycles. The Morgan fingerprint density at radius 1 is 1.35 bits per heavy atom. The molecule has 2 aromatic rings. The maximum Gasteiger partial charge on any atom is 0.191 e. The Morgan fingerprint density at radius 3 is 3.04 bits per heavy atom. The zero-order valence-corrected chi connectivity index (χ0v) is 16.2. The van der Waals surface area contributed by atoms with Gasteiger partial charge in [-0.25, -0.2) is 4.99 Å². The van der Waals surface area contributed by atoms with Crippen LogP contribution in [0.1, 0.15) is 30.9 Å². The fraction of sp³-hybridized carbons (Fsp3) is 0.550. The molecule has 0 radical (unpaired) electrons. The minimum Gasteiger partial charge on any atom is -0.469 e. The molecule has 2 aliphatic rings. The summed E-state index contributed by atoms with van der Waals surface area (Å²) < 4.78 is 11.3. The highest BCUT2D eigenvalue weighted by molar-refractivity contribution is 7.09. The molecule has 2 N–H and O–H groups in total. The molecule has 0 aromatic carbocycles. The van der Waals surface area contributed by atoms with Gasteiger partial charge in [0, 0.05) is 41.8 Å². The Morgan fingerprint density at radius 2 is 2.27 bits per heavy atom. The fourth-order valence-electron chi connectivity index (χ4n) is 4.24. The first-order valence-corrected chi connectivity index (χ1v) is 10.2. The number of fused-ring (bicyclic) bond motifs is 1. The Kier molecular flexibility index (Phi) is 5.05. The van der Waals surface area contributed by atoms with Crippen LogP contribution in [0.5, 0.6) is 0 Å². The van der Waals surface area contributed by atoms with Crippen LogP contribution in [0.3, 0.4) is 0 Å². The number of ether oxygens (including phenoxy) is 1. The van der Waals surface area contributed by atoms with Gasteiger partial charge in [-0.15, -0.1) is 11.3 Å². The number of guanidine groups is 1. The molecule has 2 aromatic heterocycles. The second-order valence-corrected chi connectivity index (χ2v) is 8.72. The highest BCUT2D eigenvalue weighted by Crippen LogP contribution is 2.52. The number of hydrogen-bond acceptors (Lipinski definition) is 4. The van der Waals surface area contributed by atoms with Crippen molar-refractivity contribution in [2.24, 2.45) is 16.3 Å². The van der Waals surface area contributed by atoms with Crippen molar-refractivity contribution in [2.45, 2.75) is 45.4 Å². The maximum atomic E-state index is 5.92. The van der Waals surface area contributed by atoms with Gasteiger partial charge in [0.05, 0.1) is 18.9 Å². The highest BCUT2D eigenvalue weighted by atomic mass is 32.1. The quantitative estimate of drug-likeness (QED) is 0.602. The predicted octanol–water partition coefficient (Wildman–Crippen LogP) is 3.43. The van der Waals surface area contributed by atoms with Crippen LogP contribution in [-0.2, 0) is 17.7 Å². The van der Waals surface area contributed by atoms with Crippen LogP contribution in [0.4, 0.5) is 0 Å². The molecular formula is C20H27N3O2S. The van der Waals surface area contributed by atoms with Crippen LogP contribution in [-0.4, -0.2) is 31.3 Å². The van der Waals surface area contributed by atoms with E-state index >= 15 is 0 Å². The normalized spacial score (nSPS) is 27.0. The van der Waals surface area contributed by atoms with E-state index in [2.05, 4.69) is 42.0 Å². The van der Waals surface area contributed by atoms with E-state index in [9.17, 15) is 0 Å². The van der Waals surface area contributed by atoms with Gasteiger partial charge in [0.2, 0.25) is 0 Å². The Hall–Kier alpha value is -1.79. The molecule has 5 nitrogen and oxygen atoms in total. The molecule has 0 spiro atoms. The van der Waals surface area contributed by atoms with E-state index in [0.29, 0.717) is 24.6 Å². The lowest BCUT2D eigenvalue weighted by Crippen LogP contribution is -2.68. The third-order valence-electron chi connectivity index (χ3n) is 5.61. The van der Waals surface area contributed by atoms with Crippen LogP contribution in [0.25, 0.3) is 0 Å². The third-order valence-corrected chi connectivity index (χ3v) is 6.47. The van der Waals surface area contributed by atoms with E-state index in [-0.39, 0.29) is 5.41 Å². The van der Waals surface area contributed by atoms with E-state index in [1.54, 1.807) is 17.6 Å². The second kappa shape index (κ2) is 7.45. The summed E-state index contributed by atoms with van der Waals surface area (Å²) in [5.41, 5.74) is 0.132. The molecule has 1 saturated carbocycles. The zero-order valence-electron chi connectivity index (χ0n) is 15.4. The van der Waals surface area contributed by atoms with Crippen molar-refractivity contribution in [3.63, 3.8) is 0 Å². The lowest BCUT2D eigenvalue weighted by molar-refractivity contribution is -0.106. The van der Waals surface area contributed by atoms with Crippen LogP contribution >= 0.6 is 11.3 Å². The molecule has 4 rings (SSSR count). The summed E-state index contributed by atoms with van der Waals surface area (Å²) >= 11 is 1.74. The highest BCUT2D eigenvalue weighted by Gasteiger charge is 2.59. The monoisotopic (exact) mass is 373 g/mol. The second-order valence-electron chi connectivity index (χ2n) is 7.69. The first-order valence-electron chi connectivity index (χ1n) is 9.36. The lowest BCUT2D eigenvalue weighted by atomic mass is 9.57. The summed E-state index contributed by atoms with van der Waals surface area (Å²) in [5.74, 6) is 2.46. The fourth-order valence-corrected chi connectivity index (χ4v) is 4.86. The van der Waals surface area contributed by atoms with Gasteiger partial charge in [-0.2, -0.15) is 0 Å². The Labute approximate surface area is 158 Å². The van der Waals surface area contributed by atoms with Gasteiger partial charge < -0.3 is 19.8 Å². The van der Waals surface area contributed by atoms with Gasteiger partial charge in [-0.1, -0.05) is 19.9 Å². The van der Waals surface area contributed by atoms with Crippen LogP contribution in [0.15, 0.2) is 45.3 Å². The smallest absolute Gasteiger partial charge is 0.191 e. The van der Waals surface area contributed by atoms with Crippen molar-refractivity contribution in [3.8, 4) is 0 Å². The number of hydrogen-bond donors (Lipinski definition) is 2. The van der Waals surface area contributed by atoms with Gasteiger partial charge in [-0.05, 0) is 30.0 Å². The summed E-state index contributed by atoms with van der Waals surface area (Å²) in [7, 11) is 0. The van der Waals surface area contributed by atoms with E-state index in [0.717, 1.165) is 37.7 Å². The van der Waals surface area contributed by atoms with E-state index in [1.165, 1.54) is 4.88 Å². The number of thiophene rings is 1. The summed E-state index contributed by atoms with van der Waals surface area (Å²) in [5, 5.41) is 9.27. The van der Waals surface area contributed by atoms with Gasteiger partial charge in [0.25, 0.3) is 0 Å². The zero-order chi connectivity index (χ0) is 18.0. The van der Waals surface area contributed by atoms with Gasteiger partial charge in [0.1, 0.15) is 5.76 Å². The largest absolute Gasteiger partial charge is 0.469 e. The predicted molar refractivity (Wildman–Crippen MR) is 104 cm³/mol. The van der Waals surface area contributed by atoms with Crippen molar-refractivity contribution in [2.75, 3.05) is 13.2 Å². The molecule has 3 unspecified atom stereocenters. The molecule has 3 atom stereocenters. The van der Waals surface area contributed by atoms with E-state index < -0.39 is 0 Å². The van der Waals surface area contributed by atoms with Crippen LogP contribution in [0.2, 0.25) is 0 Å². The minimum absolute atomic E-state index is 0.132. The van der Waals surface area contributed by atoms with Gasteiger partial charge in [0.15, 0.2) is 5.96 Å². The van der Waals surface area contributed by atoms with Gasteiger partial charge in [-0.3, -0.25) is 0 Å². The maximum absolute atomic E-state index is 5.92. The average molecular weight is 374 g/mol. The summed E-state index contributed by atoms with van der Waals surface area (Å²) in [6.07, 6.45) is 4.07. The Balaban J connectivity index is 1.40. The molecule has 6 heteroatoms. The summed E-state index contributed by atoms with van der Waals surface area (Å²) in [4.78, 5) is 6.09. The number of furan rings is 1. The summed E-state index contributed by atoms with van der Waals surface area (Å²) in [6.45, 7) is 6.95. The molecule has 0 amide bonds. The molecule has 0 bridgehead atoms. The molecule has 26 heavy (non-hydrogen) atoms. The molecule has 140 valence electrons. The molecule has 1 aliphatic heterocycles. The number of nitrogens with zero attached hydrogens (tertiary/aromatic N) is 1. The minimum atomic E-state index is 0.132. The first kappa shape index (κ1) is 17.6. The summed E-state index contributed by atoms with van der Waals surface area (Å²) in [6, 6.07) is 8.53. The number of rotatable bonds is 6. The third kappa shape index (κ3) is 3.53. The van der Waals surface area contributed by atoms with Crippen LogP contribution < -0.4 is 10.6 Å². The molecule has 1 saturated heterocycles. The van der Waals surface area contributed by atoms with Crippen molar-refractivity contribution in [3.05, 3.63) is 46.5 Å². The SMILES string of the molecule is CC1(C)C(NC(=NCc2cccs2)NCCc2ccco2)C2CCOC21.